The Kier molecular flexibility index (Phi) is 7.60. The maximum absolute atomic E-state index is 5.71. The summed E-state index contributed by atoms with van der Waals surface area (Å²) in [5.74, 6) is 1.63. The van der Waals surface area contributed by atoms with Crippen LogP contribution in [0, 0.1) is 0 Å². The van der Waals surface area contributed by atoms with Crippen LogP contribution in [0.2, 0.25) is 0 Å². The fourth-order valence-electron chi connectivity index (χ4n) is 3.10. The molecule has 0 fully saturated rings. The second kappa shape index (κ2) is 10.6. The summed E-state index contributed by atoms with van der Waals surface area (Å²) >= 11 is 0. The predicted octanol–water partition coefficient (Wildman–Crippen LogP) is 6.72. The van der Waals surface area contributed by atoms with Crippen molar-refractivity contribution in [3.63, 3.8) is 0 Å². The molecule has 3 rings (SSSR count). The zero-order chi connectivity index (χ0) is 19.6. The SMILES string of the molecule is CCCCCc1ccc(-c2cnc(-c3ccc(OCCCC)cc3)nc2)cc1. The lowest BCUT2D eigenvalue weighted by Crippen LogP contribution is -1.96. The number of aryl methyl sites for hydroxylation is 1. The lowest BCUT2D eigenvalue weighted by molar-refractivity contribution is 0.309. The molecular weight excluding hydrogens is 344 g/mol. The van der Waals surface area contributed by atoms with Crippen LogP contribution in [0.25, 0.3) is 22.5 Å². The molecule has 1 heterocycles. The highest BCUT2D eigenvalue weighted by Gasteiger charge is 2.04. The lowest BCUT2D eigenvalue weighted by atomic mass is 10.0. The average molecular weight is 375 g/mol. The van der Waals surface area contributed by atoms with Gasteiger partial charge in [-0.25, -0.2) is 9.97 Å². The van der Waals surface area contributed by atoms with E-state index in [1.807, 2.05) is 36.7 Å². The Morgan fingerprint density at radius 1 is 0.679 bits per heavy atom. The standard InChI is InChI=1S/C25H30N2O/c1-3-5-7-8-20-9-11-21(12-10-20)23-18-26-25(27-19-23)22-13-15-24(16-14-22)28-17-6-4-2/h9-16,18-19H,3-8,17H2,1-2H3. The Bertz CT molecular complexity index is 751. The minimum absolute atomic E-state index is 0.736. The van der Waals surface area contributed by atoms with Crippen molar-refractivity contribution in [2.24, 2.45) is 0 Å². The molecule has 0 bridgehead atoms. The van der Waals surface area contributed by atoms with E-state index >= 15 is 0 Å². The molecular formula is C25H30N2O. The Morgan fingerprint density at radius 2 is 1.32 bits per heavy atom. The topological polar surface area (TPSA) is 35.0 Å². The molecule has 0 spiro atoms. The molecule has 0 unspecified atom stereocenters. The first-order valence-electron chi connectivity index (χ1n) is 10.4. The largest absolute Gasteiger partial charge is 0.494 e. The van der Waals surface area contributed by atoms with E-state index in [0.717, 1.165) is 54.1 Å². The Morgan fingerprint density at radius 3 is 1.96 bits per heavy atom. The number of benzene rings is 2. The third kappa shape index (κ3) is 5.66. The molecule has 0 radical (unpaired) electrons. The van der Waals surface area contributed by atoms with Gasteiger partial charge in [-0.05, 0) is 54.7 Å². The van der Waals surface area contributed by atoms with Crippen LogP contribution in [-0.4, -0.2) is 16.6 Å². The highest BCUT2D eigenvalue weighted by atomic mass is 16.5. The zero-order valence-electron chi connectivity index (χ0n) is 17.0. The van der Waals surface area contributed by atoms with E-state index < -0.39 is 0 Å². The van der Waals surface area contributed by atoms with Crippen molar-refractivity contribution in [2.45, 2.75) is 52.4 Å². The summed E-state index contributed by atoms with van der Waals surface area (Å²) in [7, 11) is 0. The molecule has 0 aliphatic rings. The number of rotatable bonds is 10. The summed E-state index contributed by atoms with van der Waals surface area (Å²) in [5.41, 5.74) is 4.60. The van der Waals surface area contributed by atoms with Gasteiger partial charge in [0.15, 0.2) is 5.82 Å². The second-order valence-corrected chi connectivity index (χ2v) is 7.18. The molecule has 146 valence electrons. The molecule has 0 saturated carbocycles. The first-order valence-corrected chi connectivity index (χ1v) is 10.4. The summed E-state index contributed by atoms with van der Waals surface area (Å²) in [6.45, 7) is 5.16. The normalized spacial score (nSPS) is 10.8. The predicted molar refractivity (Wildman–Crippen MR) is 117 cm³/mol. The van der Waals surface area contributed by atoms with Gasteiger partial charge in [-0.1, -0.05) is 57.4 Å². The van der Waals surface area contributed by atoms with E-state index in [1.54, 1.807) is 0 Å². The van der Waals surface area contributed by atoms with Gasteiger partial charge in [-0.2, -0.15) is 0 Å². The minimum atomic E-state index is 0.736. The van der Waals surface area contributed by atoms with Crippen LogP contribution in [0.3, 0.4) is 0 Å². The fourth-order valence-corrected chi connectivity index (χ4v) is 3.10. The van der Waals surface area contributed by atoms with Gasteiger partial charge in [0.25, 0.3) is 0 Å². The second-order valence-electron chi connectivity index (χ2n) is 7.18. The van der Waals surface area contributed by atoms with E-state index in [4.69, 9.17) is 4.74 Å². The van der Waals surface area contributed by atoms with Crippen molar-refractivity contribution < 1.29 is 4.74 Å². The molecule has 0 aliphatic heterocycles. The van der Waals surface area contributed by atoms with E-state index in [1.165, 1.54) is 24.8 Å². The minimum Gasteiger partial charge on any atom is -0.494 e. The smallest absolute Gasteiger partial charge is 0.159 e. The molecule has 0 amide bonds. The van der Waals surface area contributed by atoms with Crippen LogP contribution in [0.1, 0.15) is 51.5 Å². The van der Waals surface area contributed by atoms with Gasteiger partial charge in [0, 0.05) is 23.5 Å². The number of nitrogens with zero attached hydrogens (tertiary/aromatic N) is 2. The van der Waals surface area contributed by atoms with E-state index in [9.17, 15) is 0 Å². The molecule has 0 saturated heterocycles. The molecule has 1 aromatic heterocycles. The number of unbranched alkanes of at least 4 members (excludes halogenated alkanes) is 3. The average Bonchev–Trinajstić information content (AvgIpc) is 2.75. The number of aromatic nitrogens is 2. The van der Waals surface area contributed by atoms with E-state index in [2.05, 4.69) is 48.1 Å². The zero-order valence-corrected chi connectivity index (χ0v) is 17.0. The van der Waals surface area contributed by atoms with Gasteiger partial charge in [-0.3, -0.25) is 0 Å². The van der Waals surface area contributed by atoms with Crippen molar-refractivity contribution in [3.8, 4) is 28.3 Å². The van der Waals surface area contributed by atoms with Crippen LogP contribution >= 0.6 is 0 Å². The number of hydrogen-bond acceptors (Lipinski definition) is 3. The fraction of sp³-hybridized carbons (Fsp3) is 0.360. The van der Waals surface area contributed by atoms with Crippen LogP contribution in [-0.2, 0) is 6.42 Å². The molecule has 3 heteroatoms. The van der Waals surface area contributed by atoms with Gasteiger partial charge in [0.1, 0.15) is 5.75 Å². The third-order valence-electron chi connectivity index (χ3n) is 4.89. The Hall–Kier alpha value is -2.68. The quantitative estimate of drug-likeness (QED) is 0.369. The monoisotopic (exact) mass is 374 g/mol. The van der Waals surface area contributed by atoms with Crippen LogP contribution < -0.4 is 4.74 Å². The summed E-state index contributed by atoms with van der Waals surface area (Å²) in [5, 5.41) is 0. The van der Waals surface area contributed by atoms with Crippen LogP contribution in [0.15, 0.2) is 60.9 Å². The van der Waals surface area contributed by atoms with Crippen molar-refractivity contribution in [2.75, 3.05) is 6.61 Å². The summed E-state index contributed by atoms with van der Waals surface area (Å²) < 4.78 is 5.71. The Labute approximate surface area is 168 Å². The first kappa shape index (κ1) is 20.1. The van der Waals surface area contributed by atoms with Crippen molar-refractivity contribution in [3.05, 3.63) is 66.5 Å². The highest BCUT2D eigenvalue weighted by molar-refractivity contribution is 5.64. The maximum atomic E-state index is 5.71. The molecule has 0 aliphatic carbocycles. The van der Waals surface area contributed by atoms with Gasteiger partial charge >= 0.3 is 0 Å². The Balaban J connectivity index is 1.63. The van der Waals surface area contributed by atoms with Crippen LogP contribution in [0.4, 0.5) is 0 Å². The molecule has 0 atom stereocenters. The van der Waals surface area contributed by atoms with Crippen molar-refractivity contribution in [1.29, 1.82) is 0 Å². The van der Waals surface area contributed by atoms with E-state index in [-0.39, 0.29) is 0 Å². The number of ether oxygens (including phenoxy) is 1. The summed E-state index contributed by atoms with van der Waals surface area (Å²) in [6.07, 6.45) is 11.0. The molecule has 28 heavy (non-hydrogen) atoms. The third-order valence-corrected chi connectivity index (χ3v) is 4.89. The van der Waals surface area contributed by atoms with Gasteiger partial charge in [-0.15, -0.1) is 0 Å². The van der Waals surface area contributed by atoms with Gasteiger partial charge < -0.3 is 4.74 Å². The first-order chi connectivity index (χ1) is 13.8. The highest BCUT2D eigenvalue weighted by Crippen LogP contribution is 2.23. The molecule has 3 nitrogen and oxygen atoms in total. The summed E-state index contributed by atoms with van der Waals surface area (Å²) in [6, 6.07) is 16.8. The number of hydrogen-bond donors (Lipinski definition) is 0. The molecule has 3 aromatic rings. The van der Waals surface area contributed by atoms with E-state index in [0.29, 0.717) is 0 Å². The van der Waals surface area contributed by atoms with Crippen molar-refractivity contribution in [1.82, 2.24) is 9.97 Å². The molecule has 0 N–H and O–H groups in total. The maximum Gasteiger partial charge on any atom is 0.159 e. The van der Waals surface area contributed by atoms with Gasteiger partial charge in [0.2, 0.25) is 0 Å². The summed E-state index contributed by atoms with van der Waals surface area (Å²) in [4.78, 5) is 9.12. The van der Waals surface area contributed by atoms with Crippen LogP contribution in [0.5, 0.6) is 5.75 Å². The molecule has 2 aromatic carbocycles. The lowest BCUT2D eigenvalue weighted by Gasteiger charge is -2.07. The van der Waals surface area contributed by atoms with Gasteiger partial charge in [0.05, 0.1) is 6.61 Å². The van der Waals surface area contributed by atoms with Crippen molar-refractivity contribution >= 4 is 0 Å².